The topological polar surface area (TPSA) is 64.0 Å². The van der Waals surface area contributed by atoms with E-state index in [1.165, 1.54) is 34.7 Å². The normalized spacial score (nSPS) is 16.2. The monoisotopic (exact) mass is 337 g/mol. The Balaban J connectivity index is 1.65. The van der Waals surface area contributed by atoms with Crippen molar-refractivity contribution < 1.29 is 13.6 Å². The van der Waals surface area contributed by atoms with Gasteiger partial charge in [-0.05, 0) is 12.1 Å². The van der Waals surface area contributed by atoms with E-state index in [0.29, 0.717) is 10.9 Å². The first-order valence-electron chi connectivity index (χ1n) is 6.96. The van der Waals surface area contributed by atoms with Crippen LogP contribution in [0.2, 0.25) is 0 Å². The van der Waals surface area contributed by atoms with Gasteiger partial charge in [0.1, 0.15) is 11.6 Å². The zero-order valence-electron chi connectivity index (χ0n) is 12.0. The van der Waals surface area contributed by atoms with Gasteiger partial charge in [0.2, 0.25) is 5.91 Å². The third-order valence-electron chi connectivity index (χ3n) is 3.56. The minimum absolute atomic E-state index is 0.0572. The average Bonchev–Trinajstić information content (AvgIpc) is 2.91. The van der Waals surface area contributed by atoms with E-state index in [2.05, 4.69) is 10.3 Å². The number of hydrogen-bond acceptors (Lipinski definition) is 4. The molecule has 1 atom stereocenters. The number of aromatic nitrogens is 2. The van der Waals surface area contributed by atoms with E-state index in [0.717, 1.165) is 12.1 Å². The maximum absolute atomic E-state index is 13.5. The van der Waals surface area contributed by atoms with Crippen molar-refractivity contribution in [3.05, 3.63) is 58.0 Å². The highest BCUT2D eigenvalue weighted by atomic mass is 32.2. The van der Waals surface area contributed by atoms with Crippen molar-refractivity contribution >= 4 is 17.7 Å². The summed E-state index contributed by atoms with van der Waals surface area (Å²) in [5.74, 6) is -1.21. The van der Waals surface area contributed by atoms with Crippen LogP contribution in [0, 0.1) is 11.6 Å². The molecule has 8 heteroatoms. The van der Waals surface area contributed by atoms with Crippen LogP contribution in [0.1, 0.15) is 18.0 Å². The number of nitrogens with zero attached hydrogens (tertiary/aromatic N) is 2. The van der Waals surface area contributed by atoms with Crippen molar-refractivity contribution in [1.82, 2.24) is 14.9 Å². The van der Waals surface area contributed by atoms with Crippen molar-refractivity contribution in [2.45, 2.75) is 24.2 Å². The van der Waals surface area contributed by atoms with Gasteiger partial charge in [0, 0.05) is 36.5 Å². The van der Waals surface area contributed by atoms with Crippen molar-refractivity contribution in [2.75, 3.05) is 5.75 Å². The maximum atomic E-state index is 13.5. The number of nitrogens with one attached hydrogen (secondary N) is 1. The Hall–Kier alpha value is -2.22. The lowest BCUT2D eigenvalue weighted by atomic mass is 10.2. The molecule has 0 radical (unpaired) electrons. The van der Waals surface area contributed by atoms with Crippen LogP contribution in [0.4, 0.5) is 8.78 Å². The van der Waals surface area contributed by atoms with Crippen molar-refractivity contribution in [3.8, 4) is 0 Å². The summed E-state index contributed by atoms with van der Waals surface area (Å²) in [6, 6.07) is 4.58. The number of amides is 1. The molecule has 1 aliphatic rings. The number of fused-ring (bicyclic) bond motifs is 1. The fraction of sp³-hybridized carbons (Fsp3) is 0.267. The molecule has 0 fully saturated rings. The summed E-state index contributed by atoms with van der Waals surface area (Å²) in [4.78, 5) is 28.0. The molecule has 0 bridgehead atoms. The van der Waals surface area contributed by atoms with Gasteiger partial charge in [-0.1, -0.05) is 17.8 Å². The van der Waals surface area contributed by atoms with Crippen molar-refractivity contribution in [2.24, 2.45) is 0 Å². The molecule has 0 spiro atoms. The second-order valence-corrected chi connectivity index (χ2v) is 6.07. The predicted molar refractivity (Wildman–Crippen MR) is 81.1 cm³/mol. The van der Waals surface area contributed by atoms with E-state index in [1.807, 2.05) is 0 Å². The summed E-state index contributed by atoms with van der Waals surface area (Å²) < 4.78 is 28.5. The Morgan fingerprint density at radius 1 is 1.35 bits per heavy atom. The number of benzene rings is 1. The second kappa shape index (κ2) is 6.49. The quantitative estimate of drug-likeness (QED) is 0.865. The van der Waals surface area contributed by atoms with Gasteiger partial charge in [-0.25, -0.2) is 13.8 Å². The highest BCUT2D eigenvalue weighted by molar-refractivity contribution is 7.99. The van der Waals surface area contributed by atoms with Crippen molar-refractivity contribution in [3.63, 3.8) is 0 Å². The SMILES string of the molecule is O=C(C[C@H]1CSc2nccc(=O)n21)NCc1c(F)cccc1F. The molecule has 1 aromatic heterocycles. The van der Waals surface area contributed by atoms with Gasteiger partial charge < -0.3 is 5.32 Å². The summed E-state index contributed by atoms with van der Waals surface area (Å²) in [6.07, 6.45) is 1.49. The van der Waals surface area contributed by atoms with Crippen LogP contribution >= 0.6 is 11.8 Å². The smallest absolute Gasteiger partial charge is 0.254 e. The van der Waals surface area contributed by atoms with Crippen LogP contribution in [-0.2, 0) is 11.3 Å². The number of rotatable bonds is 4. The highest BCUT2D eigenvalue weighted by Crippen LogP contribution is 2.31. The van der Waals surface area contributed by atoms with Gasteiger partial charge in [0.05, 0.1) is 6.04 Å². The highest BCUT2D eigenvalue weighted by Gasteiger charge is 2.26. The summed E-state index contributed by atoms with van der Waals surface area (Å²) in [7, 11) is 0. The Kier molecular flexibility index (Phi) is 4.42. The number of halogens is 2. The molecule has 1 aromatic carbocycles. The summed E-state index contributed by atoms with van der Waals surface area (Å²) in [5.41, 5.74) is -0.390. The molecule has 0 saturated heterocycles. The minimum atomic E-state index is -0.701. The third kappa shape index (κ3) is 3.26. The molecule has 0 aliphatic carbocycles. The fourth-order valence-electron chi connectivity index (χ4n) is 2.41. The van der Waals surface area contributed by atoms with Gasteiger partial charge in [-0.2, -0.15) is 0 Å². The first-order chi connectivity index (χ1) is 11.1. The molecule has 2 heterocycles. The van der Waals surface area contributed by atoms with Gasteiger partial charge in [-0.15, -0.1) is 0 Å². The van der Waals surface area contributed by atoms with Crippen LogP contribution in [-0.4, -0.2) is 21.2 Å². The lowest BCUT2D eigenvalue weighted by molar-refractivity contribution is -0.121. The summed E-state index contributed by atoms with van der Waals surface area (Å²) >= 11 is 1.40. The first kappa shape index (κ1) is 15.7. The van der Waals surface area contributed by atoms with Crippen LogP contribution in [0.25, 0.3) is 0 Å². The van der Waals surface area contributed by atoms with Gasteiger partial charge in [0.15, 0.2) is 5.16 Å². The zero-order chi connectivity index (χ0) is 16.4. The summed E-state index contributed by atoms with van der Waals surface area (Å²) in [6.45, 7) is -0.230. The molecular weight excluding hydrogens is 324 g/mol. The van der Waals surface area contributed by atoms with Gasteiger partial charge in [-0.3, -0.25) is 14.2 Å². The van der Waals surface area contributed by atoms with E-state index < -0.39 is 11.6 Å². The number of thioether (sulfide) groups is 1. The Morgan fingerprint density at radius 2 is 2.09 bits per heavy atom. The molecule has 0 saturated carbocycles. The molecule has 5 nitrogen and oxygen atoms in total. The largest absolute Gasteiger partial charge is 0.352 e. The fourth-order valence-corrected chi connectivity index (χ4v) is 3.54. The Morgan fingerprint density at radius 3 is 2.83 bits per heavy atom. The van der Waals surface area contributed by atoms with Gasteiger partial charge in [0.25, 0.3) is 5.56 Å². The maximum Gasteiger partial charge on any atom is 0.254 e. The Labute approximate surface area is 134 Å². The molecule has 3 rings (SSSR count). The third-order valence-corrected chi connectivity index (χ3v) is 4.67. The summed E-state index contributed by atoms with van der Waals surface area (Å²) in [5, 5.41) is 3.07. The molecule has 1 N–H and O–H groups in total. The van der Waals surface area contributed by atoms with E-state index in [9.17, 15) is 18.4 Å². The van der Waals surface area contributed by atoms with E-state index in [4.69, 9.17) is 0 Å². The van der Waals surface area contributed by atoms with Crippen LogP contribution < -0.4 is 10.9 Å². The lowest BCUT2D eigenvalue weighted by Gasteiger charge is -2.13. The Bertz CT molecular complexity index is 789. The van der Waals surface area contributed by atoms with Crippen molar-refractivity contribution in [1.29, 1.82) is 0 Å². The molecule has 1 aliphatic heterocycles. The first-order valence-corrected chi connectivity index (χ1v) is 7.95. The zero-order valence-corrected chi connectivity index (χ0v) is 12.8. The van der Waals surface area contributed by atoms with Crippen LogP contribution in [0.3, 0.4) is 0 Å². The number of carbonyl (C=O) groups is 1. The standard InChI is InChI=1S/C15H13F2N3O2S/c16-11-2-1-3-12(17)10(11)7-19-13(21)6-9-8-23-15-18-5-4-14(22)20(9)15/h1-5,9H,6-8H2,(H,19,21)/t9-/m0/s1. The van der Waals surface area contributed by atoms with Crippen LogP contribution in [0.15, 0.2) is 40.4 Å². The molecule has 120 valence electrons. The number of carbonyl (C=O) groups excluding carboxylic acids is 1. The molecule has 1 amide bonds. The predicted octanol–water partition coefficient (Wildman–Crippen LogP) is 1.87. The average molecular weight is 337 g/mol. The van der Waals surface area contributed by atoms with E-state index in [1.54, 1.807) is 0 Å². The van der Waals surface area contributed by atoms with E-state index in [-0.39, 0.29) is 36.0 Å². The minimum Gasteiger partial charge on any atom is -0.352 e. The van der Waals surface area contributed by atoms with Crippen LogP contribution in [0.5, 0.6) is 0 Å². The van der Waals surface area contributed by atoms with Gasteiger partial charge >= 0.3 is 0 Å². The number of hydrogen-bond donors (Lipinski definition) is 1. The molecule has 23 heavy (non-hydrogen) atoms. The lowest BCUT2D eigenvalue weighted by Crippen LogP contribution is -2.30. The molecular formula is C15H13F2N3O2S. The van der Waals surface area contributed by atoms with E-state index >= 15 is 0 Å². The molecule has 0 unspecified atom stereocenters. The second-order valence-electron chi connectivity index (χ2n) is 5.08. The molecule has 2 aromatic rings.